The van der Waals surface area contributed by atoms with Crippen molar-refractivity contribution in [1.29, 1.82) is 5.26 Å². The number of aryl methyl sites for hydroxylation is 1. The van der Waals surface area contributed by atoms with Crippen molar-refractivity contribution in [3.8, 4) is 17.5 Å². The Morgan fingerprint density at radius 1 is 1.22 bits per heavy atom. The number of amides is 1. The highest BCUT2D eigenvalue weighted by Gasteiger charge is 2.46. The van der Waals surface area contributed by atoms with Crippen molar-refractivity contribution in [2.45, 2.75) is 55.8 Å². The van der Waals surface area contributed by atoms with Gasteiger partial charge in [0.05, 0.1) is 46.3 Å². The Morgan fingerprint density at radius 2 is 1.94 bits per heavy atom. The van der Waals surface area contributed by atoms with Crippen molar-refractivity contribution in [2.24, 2.45) is 0 Å². The summed E-state index contributed by atoms with van der Waals surface area (Å²) in [5.41, 5.74) is 1.22. The number of rotatable bonds is 6. The van der Waals surface area contributed by atoms with Gasteiger partial charge in [-0.2, -0.15) is 5.26 Å². The number of sulfone groups is 1. The molecule has 1 amide bonds. The molecule has 4 rings (SSSR count). The number of halogens is 2. The lowest BCUT2D eigenvalue weighted by Gasteiger charge is -2.31. The predicted molar refractivity (Wildman–Crippen MR) is 113 cm³/mol. The highest BCUT2D eigenvalue weighted by Crippen LogP contribution is 2.48. The van der Waals surface area contributed by atoms with Crippen molar-refractivity contribution in [1.82, 2.24) is 9.97 Å². The molecule has 10 heteroatoms. The Labute approximate surface area is 185 Å². The van der Waals surface area contributed by atoms with Gasteiger partial charge < -0.3 is 4.90 Å². The number of hydrogen-bond donors (Lipinski definition) is 0. The number of hydrogen-bond acceptors (Lipinski definition) is 6. The summed E-state index contributed by atoms with van der Waals surface area (Å²) in [6, 6.07) is 5.36. The molecule has 2 aromatic heterocycles. The van der Waals surface area contributed by atoms with Crippen molar-refractivity contribution in [3.63, 3.8) is 0 Å². The molecule has 3 heterocycles. The van der Waals surface area contributed by atoms with E-state index in [1.54, 1.807) is 6.07 Å². The molecule has 0 N–H and O–H groups in total. The standard InChI is InChI=1S/C22H22F2N4O3S/c1-3-32(30,31)18-9-15(22(12-25)6-7-22)10-27-20(18)16-8-14-4-5-19(29)28(13-21(2,23)24)17(14)11-26-16/h8-11H,3-7,13H2,1-2H3. The second-order valence-electron chi connectivity index (χ2n) is 8.42. The van der Waals surface area contributed by atoms with E-state index in [2.05, 4.69) is 16.0 Å². The van der Waals surface area contributed by atoms with Crippen molar-refractivity contribution in [3.05, 3.63) is 35.7 Å². The van der Waals surface area contributed by atoms with E-state index in [4.69, 9.17) is 0 Å². The van der Waals surface area contributed by atoms with E-state index in [1.807, 2.05) is 0 Å². The van der Waals surface area contributed by atoms with E-state index >= 15 is 0 Å². The minimum Gasteiger partial charge on any atom is -0.305 e. The Kier molecular flexibility index (Phi) is 5.28. The highest BCUT2D eigenvalue weighted by molar-refractivity contribution is 7.91. The van der Waals surface area contributed by atoms with E-state index in [9.17, 15) is 27.3 Å². The van der Waals surface area contributed by atoms with Crippen LogP contribution in [0.2, 0.25) is 0 Å². The van der Waals surface area contributed by atoms with Crippen LogP contribution in [-0.4, -0.2) is 42.5 Å². The molecule has 2 aliphatic rings. The number of carbonyl (C=O) groups is 1. The normalized spacial score (nSPS) is 17.6. The molecule has 168 valence electrons. The van der Waals surface area contributed by atoms with Crippen LogP contribution in [-0.2, 0) is 26.5 Å². The quantitative estimate of drug-likeness (QED) is 0.654. The lowest BCUT2D eigenvalue weighted by molar-refractivity contribution is -0.120. The summed E-state index contributed by atoms with van der Waals surface area (Å²) in [7, 11) is -3.68. The highest BCUT2D eigenvalue weighted by atomic mass is 32.2. The molecule has 0 bridgehead atoms. The average Bonchev–Trinajstić information content (AvgIpc) is 3.55. The van der Waals surface area contributed by atoms with E-state index < -0.39 is 33.6 Å². The van der Waals surface area contributed by atoms with Crippen LogP contribution in [0.4, 0.5) is 14.5 Å². The van der Waals surface area contributed by atoms with Gasteiger partial charge in [0.2, 0.25) is 5.91 Å². The van der Waals surface area contributed by atoms with Gasteiger partial charge in [-0.15, -0.1) is 0 Å². The molecule has 2 aromatic rings. The predicted octanol–water partition coefficient (Wildman–Crippen LogP) is 3.43. The van der Waals surface area contributed by atoms with Gasteiger partial charge in [-0.25, -0.2) is 17.2 Å². The molecule has 0 radical (unpaired) electrons. The van der Waals surface area contributed by atoms with Crippen molar-refractivity contribution >= 4 is 21.4 Å². The monoisotopic (exact) mass is 460 g/mol. The van der Waals surface area contributed by atoms with Crippen LogP contribution in [0.3, 0.4) is 0 Å². The van der Waals surface area contributed by atoms with Crippen molar-refractivity contribution < 1.29 is 22.0 Å². The fourth-order valence-corrected chi connectivity index (χ4v) is 4.98. The second kappa shape index (κ2) is 7.59. The number of anilines is 1. The molecule has 0 unspecified atom stereocenters. The molecule has 0 spiro atoms. The molecule has 0 atom stereocenters. The molecule has 0 aromatic carbocycles. The number of nitriles is 1. The molecule has 0 saturated heterocycles. The van der Waals surface area contributed by atoms with Crippen molar-refractivity contribution in [2.75, 3.05) is 17.2 Å². The van der Waals surface area contributed by atoms with Crippen LogP contribution in [0.1, 0.15) is 44.2 Å². The molecule has 1 aliphatic heterocycles. The first-order chi connectivity index (χ1) is 15.0. The van der Waals surface area contributed by atoms with Crippen LogP contribution >= 0.6 is 0 Å². The number of pyridine rings is 2. The van der Waals surface area contributed by atoms with E-state index in [0.717, 1.165) is 11.8 Å². The summed E-state index contributed by atoms with van der Waals surface area (Å²) < 4.78 is 52.9. The SMILES string of the molecule is CCS(=O)(=O)c1cc(C2(C#N)CC2)cnc1-c1cc2c(cn1)N(CC(C)(F)F)C(=O)CC2. The van der Waals surface area contributed by atoms with Gasteiger partial charge in [0.25, 0.3) is 5.92 Å². The maximum atomic E-state index is 13.6. The molecule has 1 saturated carbocycles. The van der Waals surface area contributed by atoms with Crippen LogP contribution in [0.5, 0.6) is 0 Å². The maximum Gasteiger partial charge on any atom is 0.263 e. The van der Waals surface area contributed by atoms with Gasteiger partial charge in [0.1, 0.15) is 5.69 Å². The Balaban J connectivity index is 1.81. The minimum atomic E-state index is -3.68. The number of alkyl halides is 2. The Hall–Kier alpha value is -2.93. The smallest absolute Gasteiger partial charge is 0.263 e. The second-order valence-corrected chi connectivity index (χ2v) is 10.7. The summed E-state index contributed by atoms with van der Waals surface area (Å²) in [5.74, 6) is -3.62. The molecule has 32 heavy (non-hydrogen) atoms. The summed E-state index contributed by atoms with van der Waals surface area (Å²) in [4.78, 5) is 21.9. The van der Waals surface area contributed by atoms with Crippen LogP contribution in [0.25, 0.3) is 11.4 Å². The molecule has 7 nitrogen and oxygen atoms in total. The Bertz CT molecular complexity index is 1240. The van der Waals surface area contributed by atoms with Gasteiger partial charge in [0, 0.05) is 19.5 Å². The molecular formula is C22H22F2N4O3S. The topological polar surface area (TPSA) is 104 Å². The van der Waals surface area contributed by atoms with Gasteiger partial charge in [0.15, 0.2) is 9.84 Å². The van der Waals surface area contributed by atoms with E-state index in [1.165, 1.54) is 25.4 Å². The van der Waals surface area contributed by atoms with Gasteiger partial charge in [-0.05, 0) is 42.5 Å². The lowest BCUT2D eigenvalue weighted by atomic mass is 9.98. The summed E-state index contributed by atoms with van der Waals surface area (Å²) in [6.07, 6.45) is 4.54. The zero-order valence-electron chi connectivity index (χ0n) is 17.7. The third-order valence-electron chi connectivity index (χ3n) is 5.93. The number of fused-ring (bicyclic) bond motifs is 1. The fraction of sp³-hybridized carbons (Fsp3) is 0.455. The molecular weight excluding hydrogens is 438 g/mol. The summed E-state index contributed by atoms with van der Waals surface area (Å²) in [5, 5.41) is 9.48. The van der Waals surface area contributed by atoms with E-state index in [-0.39, 0.29) is 28.5 Å². The van der Waals surface area contributed by atoms with Gasteiger partial charge >= 0.3 is 0 Å². The Morgan fingerprint density at radius 3 is 2.53 bits per heavy atom. The summed E-state index contributed by atoms with van der Waals surface area (Å²) in [6.45, 7) is 1.52. The first kappa shape index (κ1) is 22.3. The average molecular weight is 461 g/mol. The number of nitrogens with zero attached hydrogens (tertiary/aromatic N) is 4. The number of carbonyl (C=O) groups excluding carboxylic acids is 1. The largest absolute Gasteiger partial charge is 0.305 e. The fourth-order valence-electron chi connectivity index (χ4n) is 3.91. The lowest BCUT2D eigenvalue weighted by Crippen LogP contribution is -2.42. The first-order valence-electron chi connectivity index (χ1n) is 10.3. The van der Waals surface area contributed by atoms with Gasteiger partial charge in [-0.1, -0.05) is 6.92 Å². The first-order valence-corrected chi connectivity index (χ1v) is 12.0. The van der Waals surface area contributed by atoms with Gasteiger partial charge in [-0.3, -0.25) is 14.8 Å². The summed E-state index contributed by atoms with van der Waals surface area (Å²) >= 11 is 0. The van der Waals surface area contributed by atoms with Crippen LogP contribution in [0.15, 0.2) is 29.4 Å². The third kappa shape index (κ3) is 3.97. The zero-order chi connectivity index (χ0) is 23.3. The molecule has 1 aliphatic carbocycles. The molecule has 1 fully saturated rings. The van der Waals surface area contributed by atoms with E-state index in [0.29, 0.717) is 36.1 Å². The van der Waals surface area contributed by atoms with Crippen LogP contribution in [0, 0.1) is 11.3 Å². The minimum absolute atomic E-state index is 0.00434. The van der Waals surface area contributed by atoms with Crippen LogP contribution < -0.4 is 4.90 Å². The number of aromatic nitrogens is 2. The third-order valence-corrected chi connectivity index (χ3v) is 7.67. The zero-order valence-corrected chi connectivity index (χ0v) is 18.5. The maximum absolute atomic E-state index is 13.6.